The predicted octanol–water partition coefficient (Wildman–Crippen LogP) is 3.67. The number of allylic oxidation sites excluding steroid dienone is 4. The van der Waals surface area contributed by atoms with Gasteiger partial charge in [-0.15, -0.1) is 0 Å². The second-order valence-electron chi connectivity index (χ2n) is 1.70. The molecule has 0 rings (SSSR count). The Morgan fingerprint density at radius 3 is 1.40 bits per heavy atom. The normalized spacial score (nSPS) is 6.60. The molecule has 0 fully saturated rings. The molecule has 0 atom stereocenters. The molecule has 0 heterocycles. The Labute approximate surface area is 68.2 Å². The molecule has 0 N–H and O–H groups in total. The summed E-state index contributed by atoms with van der Waals surface area (Å²) in [6.07, 6.45) is 3.21. The van der Waals surface area contributed by atoms with Crippen molar-refractivity contribution < 1.29 is 0 Å². The van der Waals surface area contributed by atoms with E-state index in [1.807, 2.05) is 6.92 Å². The van der Waals surface area contributed by atoms with Crippen LogP contribution in [0.2, 0.25) is 0 Å². The summed E-state index contributed by atoms with van der Waals surface area (Å²) >= 11 is 5.15. The number of halogens is 1. The van der Waals surface area contributed by atoms with Crippen molar-refractivity contribution in [3.05, 3.63) is 49.1 Å². The van der Waals surface area contributed by atoms with Gasteiger partial charge in [0.1, 0.15) is 0 Å². The molecule has 0 amide bonds. The van der Waals surface area contributed by atoms with Gasteiger partial charge in [-0.3, -0.25) is 0 Å². The molecular formula is C9H13Cl. The van der Waals surface area contributed by atoms with Crippen LogP contribution in [-0.4, -0.2) is 0 Å². The van der Waals surface area contributed by atoms with E-state index in [2.05, 4.69) is 26.3 Å². The molecule has 0 saturated carbocycles. The van der Waals surface area contributed by atoms with Gasteiger partial charge in [0.25, 0.3) is 0 Å². The van der Waals surface area contributed by atoms with E-state index in [4.69, 9.17) is 11.6 Å². The summed E-state index contributed by atoms with van der Waals surface area (Å²) in [4.78, 5) is 0. The van der Waals surface area contributed by atoms with Crippen LogP contribution in [0.1, 0.15) is 6.92 Å². The van der Waals surface area contributed by atoms with Crippen LogP contribution in [0.5, 0.6) is 0 Å². The lowest BCUT2D eigenvalue weighted by Gasteiger charge is -1.71. The molecule has 56 valence electrons. The first kappa shape index (κ1) is 12.0. The summed E-state index contributed by atoms with van der Waals surface area (Å²) < 4.78 is 0. The average Bonchev–Trinajstić information content (AvgIpc) is 1.89. The Morgan fingerprint density at radius 1 is 1.20 bits per heavy atom. The predicted molar refractivity (Wildman–Crippen MR) is 50.2 cm³/mol. The van der Waals surface area contributed by atoms with E-state index in [1.165, 1.54) is 6.08 Å². The lowest BCUT2D eigenvalue weighted by Crippen LogP contribution is -1.50. The van der Waals surface area contributed by atoms with Crippen LogP contribution in [0.25, 0.3) is 0 Å². The molecule has 0 nitrogen and oxygen atoms in total. The van der Waals surface area contributed by atoms with Gasteiger partial charge in [-0.2, -0.15) is 0 Å². The molecule has 0 aromatic carbocycles. The summed E-state index contributed by atoms with van der Waals surface area (Å²) in [7, 11) is 0. The Morgan fingerprint density at radius 2 is 1.40 bits per heavy atom. The molecule has 0 spiro atoms. The van der Waals surface area contributed by atoms with Gasteiger partial charge in [-0.1, -0.05) is 55.6 Å². The van der Waals surface area contributed by atoms with Gasteiger partial charge in [0.2, 0.25) is 0 Å². The van der Waals surface area contributed by atoms with Crippen LogP contribution in [-0.2, 0) is 0 Å². The third kappa shape index (κ3) is 26.8. The van der Waals surface area contributed by atoms with E-state index in [-0.39, 0.29) is 0 Å². The van der Waals surface area contributed by atoms with Crippen molar-refractivity contribution in [2.45, 2.75) is 6.92 Å². The van der Waals surface area contributed by atoms with Gasteiger partial charge in [-0.25, -0.2) is 0 Å². The molecule has 1 heteroatoms. The zero-order valence-electron chi connectivity index (χ0n) is 6.36. The maximum absolute atomic E-state index is 5.15. The number of rotatable bonds is 2. The quantitative estimate of drug-likeness (QED) is 0.536. The first-order valence-corrected chi connectivity index (χ1v) is 3.17. The monoisotopic (exact) mass is 156 g/mol. The number of hydrogen-bond acceptors (Lipinski definition) is 0. The fraction of sp³-hybridized carbons (Fsp3) is 0.111. The van der Waals surface area contributed by atoms with Crippen LogP contribution >= 0.6 is 11.6 Å². The third-order valence-corrected chi connectivity index (χ3v) is 0.724. The lowest BCUT2D eigenvalue weighted by molar-refractivity contribution is 1.58. The van der Waals surface area contributed by atoms with Crippen molar-refractivity contribution in [2.24, 2.45) is 0 Å². The van der Waals surface area contributed by atoms with Gasteiger partial charge in [0.05, 0.1) is 0 Å². The minimum Gasteiger partial charge on any atom is -0.0988 e. The average molecular weight is 157 g/mol. The molecule has 0 aromatic heterocycles. The molecule has 0 saturated heterocycles. The zero-order valence-corrected chi connectivity index (χ0v) is 7.12. The SMILES string of the molecule is C=CC(=C)C.C=CC(=C)Cl. The van der Waals surface area contributed by atoms with E-state index >= 15 is 0 Å². The highest BCUT2D eigenvalue weighted by molar-refractivity contribution is 6.30. The van der Waals surface area contributed by atoms with E-state index in [1.54, 1.807) is 6.08 Å². The molecule has 0 bridgehead atoms. The molecule has 0 aromatic rings. The molecule has 0 aliphatic heterocycles. The van der Waals surface area contributed by atoms with E-state index in [0.29, 0.717) is 5.03 Å². The maximum Gasteiger partial charge on any atom is 0.0328 e. The minimum atomic E-state index is 0.491. The summed E-state index contributed by atoms with van der Waals surface area (Å²) in [5, 5.41) is 0.491. The van der Waals surface area contributed by atoms with Gasteiger partial charge >= 0.3 is 0 Å². The van der Waals surface area contributed by atoms with Crippen LogP contribution in [0.15, 0.2) is 49.1 Å². The molecule has 0 aliphatic carbocycles. The molecule has 0 unspecified atom stereocenters. The number of hydrogen-bond donors (Lipinski definition) is 0. The first-order valence-electron chi connectivity index (χ1n) is 2.79. The van der Waals surface area contributed by atoms with Crippen molar-refractivity contribution in [1.82, 2.24) is 0 Å². The van der Waals surface area contributed by atoms with Crippen molar-refractivity contribution in [3.8, 4) is 0 Å². The van der Waals surface area contributed by atoms with Crippen LogP contribution in [0.4, 0.5) is 0 Å². The summed E-state index contributed by atoms with van der Waals surface area (Å²) in [6, 6.07) is 0. The fourth-order valence-electron chi connectivity index (χ4n) is 0. The fourth-order valence-corrected chi connectivity index (χ4v) is 0. The van der Waals surface area contributed by atoms with E-state index in [9.17, 15) is 0 Å². The van der Waals surface area contributed by atoms with Gasteiger partial charge in [0.15, 0.2) is 0 Å². The maximum atomic E-state index is 5.15. The van der Waals surface area contributed by atoms with Gasteiger partial charge in [-0.05, 0) is 6.92 Å². The zero-order chi connectivity index (χ0) is 8.57. The highest BCUT2D eigenvalue weighted by Crippen LogP contribution is 1.92. The molecule has 0 aliphatic rings. The van der Waals surface area contributed by atoms with Crippen LogP contribution < -0.4 is 0 Å². The van der Waals surface area contributed by atoms with Gasteiger partial charge < -0.3 is 0 Å². The Balaban J connectivity index is 0. The Kier molecular flexibility index (Phi) is 9.88. The van der Waals surface area contributed by atoms with Crippen molar-refractivity contribution in [1.29, 1.82) is 0 Å². The lowest BCUT2D eigenvalue weighted by atomic mass is 10.4. The molecule has 0 radical (unpaired) electrons. The molecular weight excluding hydrogens is 144 g/mol. The van der Waals surface area contributed by atoms with Crippen LogP contribution in [0.3, 0.4) is 0 Å². The highest BCUT2D eigenvalue weighted by Gasteiger charge is 1.63. The third-order valence-electron chi connectivity index (χ3n) is 0.570. The minimum absolute atomic E-state index is 0.491. The Bertz CT molecular complexity index is 125. The van der Waals surface area contributed by atoms with Crippen molar-refractivity contribution >= 4 is 11.6 Å². The standard InChI is InChI=1S/C5H8.C4H5Cl/c1-4-5(2)3;1-3-4(2)5/h4H,1-2H2,3H3;3H,1-2H2. The summed E-state index contributed by atoms with van der Waals surface area (Å²) in [6.45, 7) is 15.6. The summed E-state index contributed by atoms with van der Waals surface area (Å²) in [5.74, 6) is 0. The highest BCUT2D eigenvalue weighted by atomic mass is 35.5. The smallest absolute Gasteiger partial charge is 0.0328 e. The topological polar surface area (TPSA) is 0 Å². The van der Waals surface area contributed by atoms with Gasteiger partial charge in [0, 0.05) is 5.03 Å². The largest absolute Gasteiger partial charge is 0.0988 e. The van der Waals surface area contributed by atoms with E-state index in [0.717, 1.165) is 5.57 Å². The summed E-state index contributed by atoms with van der Waals surface area (Å²) in [5.41, 5.74) is 1.02. The Hall–Kier alpha value is -0.750. The first-order chi connectivity index (χ1) is 4.54. The van der Waals surface area contributed by atoms with Crippen LogP contribution in [0, 0.1) is 0 Å². The molecule has 10 heavy (non-hydrogen) atoms. The van der Waals surface area contributed by atoms with Crippen molar-refractivity contribution in [3.63, 3.8) is 0 Å². The second-order valence-corrected chi connectivity index (χ2v) is 2.19. The van der Waals surface area contributed by atoms with Crippen molar-refractivity contribution in [2.75, 3.05) is 0 Å². The van der Waals surface area contributed by atoms with E-state index < -0.39 is 0 Å². The second kappa shape index (κ2) is 8.25.